The standard InChI is InChI=1S/C12H14N4O2/c1-7-4-5-8(2)9(6-7)16-11(13)10(14-15-16)12(17)18-3/h4-6H,13H2,1-3H3. The van der Waals surface area contributed by atoms with Crippen molar-refractivity contribution in [3.8, 4) is 5.69 Å². The Bertz CT molecular complexity index is 604. The molecule has 1 aromatic heterocycles. The molecule has 0 amide bonds. The van der Waals surface area contributed by atoms with E-state index in [9.17, 15) is 4.79 Å². The smallest absolute Gasteiger partial charge is 0.362 e. The maximum atomic E-state index is 11.4. The first-order valence-electron chi connectivity index (χ1n) is 5.41. The molecule has 6 heteroatoms. The molecule has 1 heterocycles. The summed E-state index contributed by atoms with van der Waals surface area (Å²) < 4.78 is 6.02. The molecule has 2 aromatic rings. The lowest BCUT2D eigenvalue weighted by Gasteiger charge is -2.07. The van der Waals surface area contributed by atoms with Gasteiger partial charge in [0.25, 0.3) is 0 Å². The highest BCUT2D eigenvalue weighted by Gasteiger charge is 2.19. The fourth-order valence-electron chi connectivity index (χ4n) is 1.66. The van der Waals surface area contributed by atoms with Gasteiger partial charge in [-0.05, 0) is 31.0 Å². The molecular weight excluding hydrogens is 232 g/mol. The van der Waals surface area contributed by atoms with Crippen LogP contribution < -0.4 is 5.73 Å². The minimum absolute atomic E-state index is 0.0263. The first kappa shape index (κ1) is 12.1. The molecule has 18 heavy (non-hydrogen) atoms. The second kappa shape index (κ2) is 4.48. The number of ether oxygens (including phenoxy) is 1. The lowest BCUT2D eigenvalue weighted by Crippen LogP contribution is -2.08. The fourth-order valence-corrected chi connectivity index (χ4v) is 1.66. The molecule has 0 aliphatic carbocycles. The van der Waals surface area contributed by atoms with Crippen LogP contribution in [0.2, 0.25) is 0 Å². The van der Waals surface area contributed by atoms with Gasteiger partial charge in [-0.15, -0.1) is 5.10 Å². The Labute approximate surface area is 104 Å². The molecule has 0 atom stereocenters. The van der Waals surface area contributed by atoms with E-state index in [0.29, 0.717) is 0 Å². The Morgan fingerprint density at radius 3 is 2.78 bits per heavy atom. The van der Waals surface area contributed by atoms with E-state index in [4.69, 9.17) is 5.73 Å². The Kier molecular flexibility index (Phi) is 3.01. The van der Waals surface area contributed by atoms with Gasteiger partial charge in [-0.2, -0.15) is 4.68 Å². The number of nitrogen functional groups attached to an aromatic ring is 1. The van der Waals surface area contributed by atoms with Crippen molar-refractivity contribution in [3.05, 3.63) is 35.0 Å². The number of carbonyl (C=O) groups excluding carboxylic acids is 1. The molecular formula is C12H14N4O2. The molecule has 0 saturated heterocycles. The summed E-state index contributed by atoms with van der Waals surface area (Å²) in [7, 11) is 1.28. The first-order chi connectivity index (χ1) is 8.54. The molecule has 0 spiro atoms. The van der Waals surface area contributed by atoms with Crippen LogP contribution in [-0.2, 0) is 4.74 Å². The number of hydrogen-bond acceptors (Lipinski definition) is 5. The summed E-state index contributed by atoms with van der Waals surface area (Å²) in [5, 5.41) is 7.64. The third-order valence-electron chi connectivity index (χ3n) is 2.68. The number of esters is 1. The van der Waals surface area contributed by atoms with Gasteiger partial charge in [-0.1, -0.05) is 17.3 Å². The molecule has 0 radical (unpaired) electrons. The monoisotopic (exact) mass is 246 g/mol. The second-order valence-corrected chi connectivity index (χ2v) is 4.02. The van der Waals surface area contributed by atoms with Crippen LogP contribution in [0.25, 0.3) is 5.69 Å². The SMILES string of the molecule is COC(=O)c1nnn(-c2cc(C)ccc2C)c1N. The van der Waals surface area contributed by atoms with E-state index in [-0.39, 0.29) is 11.5 Å². The van der Waals surface area contributed by atoms with Crippen molar-refractivity contribution < 1.29 is 9.53 Å². The number of rotatable bonds is 2. The molecule has 1 aromatic carbocycles. The molecule has 2 rings (SSSR count). The van der Waals surface area contributed by atoms with Crippen LogP contribution in [-0.4, -0.2) is 28.1 Å². The third-order valence-corrected chi connectivity index (χ3v) is 2.68. The zero-order chi connectivity index (χ0) is 13.3. The molecule has 0 aliphatic heterocycles. The van der Waals surface area contributed by atoms with Crippen LogP contribution in [0.4, 0.5) is 5.82 Å². The lowest BCUT2D eigenvalue weighted by atomic mass is 10.1. The summed E-state index contributed by atoms with van der Waals surface area (Å²) in [6.07, 6.45) is 0. The fraction of sp³-hybridized carbons (Fsp3) is 0.250. The van der Waals surface area contributed by atoms with Crippen LogP contribution >= 0.6 is 0 Å². The van der Waals surface area contributed by atoms with Gasteiger partial charge >= 0.3 is 5.97 Å². The molecule has 94 valence electrons. The highest BCUT2D eigenvalue weighted by molar-refractivity contribution is 5.92. The predicted molar refractivity (Wildman–Crippen MR) is 66.6 cm³/mol. The number of anilines is 1. The number of methoxy groups -OCH3 is 1. The number of nitrogens with two attached hydrogens (primary N) is 1. The number of hydrogen-bond donors (Lipinski definition) is 1. The topological polar surface area (TPSA) is 83.0 Å². The van der Waals surface area contributed by atoms with E-state index >= 15 is 0 Å². The lowest BCUT2D eigenvalue weighted by molar-refractivity contribution is 0.0595. The van der Waals surface area contributed by atoms with E-state index in [2.05, 4.69) is 15.0 Å². The van der Waals surface area contributed by atoms with E-state index in [1.807, 2.05) is 32.0 Å². The zero-order valence-electron chi connectivity index (χ0n) is 10.5. The average molecular weight is 246 g/mol. The van der Waals surface area contributed by atoms with Gasteiger partial charge in [0.1, 0.15) is 0 Å². The van der Waals surface area contributed by atoms with Gasteiger partial charge < -0.3 is 10.5 Å². The van der Waals surface area contributed by atoms with Crippen molar-refractivity contribution in [1.82, 2.24) is 15.0 Å². The molecule has 6 nitrogen and oxygen atoms in total. The largest absolute Gasteiger partial charge is 0.464 e. The maximum Gasteiger partial charge on any atom is 0.362 e. The predicted octanol–water partition coefficient (Wildman–Crippen LogP) is 1.25. The summed E-state index contributed by atoms with van der Waals surface area (Å²) in [5.41, 5.74) is 8.76. The van der Waals surface area contributed by atoms with Crippen molar-refractivity contribution in [1.29, 1.82) is 0 Å². The average Bonchev–Trinajstić information content (AvgIpc) is 2.73. The minimum Gasteiger partial charge on any atom is -0.464 e. The maximum absolute atomic E-state index is 11.4. The van der Waals surface area contributed by atoms with Crippen LogP contribution in [0.3, 0.4) is 0 Å². The summed E-state index contributed by atoms with van der Waals surface area (Å²) in [6, 6.07) is 5.89. The normalized spacial score (nSPS) is 10.4. The van der Waals surface area contributed by atoms with Crippen LogP contribution in [0.5, 0.6) is 0 Å². The van der Waals surface area contributed by atoms with Gasteiger partial charge in [0.05, 0.1) is 12.8 Å². The van der Waals surface area contributed by atoms with Crippen molar-refractivity contribution in [3.63, 3.8) is 0 Å². The van der Waals surface area contributed by atoms with E-state index < -0.39 is 5.97 Å². The molecule has 0 bridgehead atoms. The third kappa shape index (κ3) is 1.92. The number of nitrogens with zero attached hydrogens (tertiary/aromatic N) is 3. The zero-order valence-corrected chi connectivity index (χ0v) is 10.5. The highest BCUT2D eigenvalue weighted by Crippen LogP contribution is 2.20. The summed E-state index contributed by atoms with van der Waals surface area (Å²) >= 11 is 0. The number of aryl methyl sites for hydroxylation is 2. The minimum atomic E-state index is -0.593. The number of carbonyl (C=O) groups is 1. The van der Waals surface area contributed by atoms with Gasteiger partial charge in [0, 0.05) is 0 Å². The van der Waals surface area contributed by atoms with Crippen LogP contribution in [0.1, 0.15) is 21.6 Å². The molecule has 2 N–H and O–H groups in total. The molecule has 0 saturated carbocycles. The van der Waals surface area contributed by atoms with Gasteiger partial charge in [-0.25, -0.2) is 4.79 Å². The van der Waals surface area contributed by atoms with Gasteiger partial charge in [-0.3, -0.25) is 0 Å². The van der Waals surface area contributed by atoms with Gasteiger partial charge in [0.2, 0.25) is 5.69 Å². The quantitative estimate of drug-likeness (QED) is 0.806. The molecule has 0 aliphatic rings. The van der Waals surface area contributed by atoms with Crippen LogP contribution in [0, 0.1) is 13.8 Å². The Hall–Kier alpha value is -2.37. The van der Waals surface area contributed by atoms with Crippen molar-refractivity contribution in [2.75, 3.05) is 12.8 Å². The van der Waals surface area contributed by atoms with E-state index in [0.717, 1.165) is 16.8 Å². The number of benzene rings is 1. The summed E-state index contributed by atoms with van der Waals surface area (Å²) in [5.74, 6) is -0.417. The Morgan fingerprint density at radius 2 is 2.11 bits per heavy atom. The van der Waals surface area contributed by atoms with Crippen molar-refractivity contribution in [2.24, 2.45) is 0 Å². The summed E-state index contributed by atoms with van der Waals surface area (Å²) in [4.78, 5) is 11.4. The molecule has 0 fully saturated rings. The first-order valence-corrected chi connectivity index (χ1v) is 5.41. The molecule has 0 unspecified atom stereocenters. The van der Waals surface area contributed by atoms with E-state index in [1.54, 1.807) is 0 Å². The highest BCUT2D eigenvalue weighted by atomic mass is 16.5. The van der Waals surface area contributed by atoms with Crippen LogP contribution in [0.15, 0.2) is 18.2 Å². The number of aromatic nitrogens is 3. The van der Waals surface area contributed by atoms with Crippen molar-refractivity contribution >= 4 is 11.8 Å². The van der Waals surface area contributed by atoms with E-state index in [1.165, 1.54) is 11.8 Å². The van der Waals surface area contributed by atoms with Gasteiger partial charge in [0.15, 0.2) is 5.82 Å². The Balaban J connectivity index is 2.55. The Morgan fingerprint density at radius 1 is 1.39 bits per heavy atom. The second-order valence-electron chi connectivity index (χ2n) is 4.02. The summed E-state index contributed by atoms with van der Waals surface area (Å²) in [6.45, 7) is 3.91. The van der Waals surface area contributed by atoms with Crippen molar-refractivity contribution in [2.45, 2.75) is 13.8 Å².